The Balaban J connectivity index is 1.68. The van der Waals surface area contributed by atoms with Crippen LogP contribution in [-0.2, 0) is 7.05 Å². The standard InChI is InChI=1S/C21H17N5O2/c1-26-20(23-24-25-26)17-12-16(15-8-4-2-5-9-15)13-18(14-17)22-21(27)28-19-10-6-3-7-11-19/h2-14H,1H3,(H,22,27). The van der Waals surface area contributed by atoms with Crippen molar-refractivity contribution in [2.24, 2.45) is 7.05 Å². The van der Waals surface area contributed by atoms with Gasteiger partial charge < -0.3 is 4.74 Å². The monoisotopic (exact) mass is 371 g/mol. The molecule has 0 aliphatic rings. The van der Waals surface area contributed by atoms with Gasteiger partial charge in [0.1, 0.15) is 5.75 Å². The molecule has 138 valence electrons. The molecule has 7 heteroatoms. The van der Waals surface area contributed by atoms with Gasteiger partial charge in [-0.25, -0.2) is 9.48 Å². The molecule has 0 saturated heterocycles. The van der Waals surface area contributed by atoms with Gasteiger partial charge in [-0.1, -0.05) is 48.5 Å². The highest BCUT2D eigenvalue weighted by molar-refractivity contribution is 5.89. The van der Waals surface area contributed by atoms with Gasteiger partial charge in [0, 0.05) is 18.3 Å². The van der Waals surface area contributed by atoms with Crippen molar-refractivity contribution >= 4 is 11.8 Å². The molecule has 0 bridgehead atoms. The fourth-order valence-corrected chi connectivity index (χ4v) is 2.84. The Kier molecular flexibility index (Phi) is 4.79. The number of nitrogens with one attached hydrogen (secondary N) is 1. The highest BCUT2D eigenvalue weighted by atomic mass is 16.6. The van der Waals surface area contributed by atoms with E-state index in [1.165, 1.54) is 0 Å². The molecule has 1 heterocycles. The molecular formula is C21H17N5O2. The number of para-hydroxylation sites is 1. The molecule has 4 rings (SSSR count). The number of amides is 1. The van der Waals surface area contributed by atoms with Gasteiger partial charge in [0.2, 0.25) is 0 Å². The number of carbonyl (C=O) groups is 1. The van der Waals surface area contributed by atoms with Crippen molar-refractivity contribution in [2.45, 2.75) is 0 Å². The summed E-state index contributed by atoms with van der Waals surface area (Å²) < 4.78 is 6.90. The molecule has 1 amide bonds. The summed E-state index contributed by atoms with van der Waals surface area (Å²) in [6, 6.07) is 24.5. The number of anilines is 1. The summed E-state index contributed by atoms with van der Waals surface area (Å²) >= 11 is 0. The fraction of sp³-hybridized carbons (Fsp3) is 0.0476. The van der Waals surface area contributed by atoms with E-state index in [1.54, 1.807) is 36.0 Å². The number of hydrogen-bond donors (Lipinski definition) is 1. The predicted octanol–water partition coefficient (Wildman–Crippen LogP) is 4.16. The third-order valence-electron chi connectivity index (χ3n) is 4.12. The van der Waals surface area contributed by atoms with Gasteiger partial charge in [0.25, 0.3) is 0 Å². The Morgan fingerprint density at radius 3 is 2.25 bits per heavy atom. The quantitative estimate of drug-likeness (QED) is 0.583. The van der Waals surface area contributed by atoms with Crippen LogP contribution in [0.15, 0.2) is 78.9 Å². The summed E-state index contributed by atoms with van der Waals surface area (Å²) in [6.07, 6.45) is -0.571. The molecule has 1 N–H and O–H groups in total. The molecule has 0 unspecified atom stereocenters. The van der Waals surface area contributed by atoms with E-state index in [-0.39, 0.29) is 0 Å². The normalized spacial score (nSPS) is 10.5. The largest absolute Gasteiger partial charge is 0.417 e. The Morgan fingerprint density at radius 2 is 1.57 bits per heavy atom. The first-order valence-electron chi connectivity index (χ1n) is 8.66. The fourth-order valence-electron chi connectivity index (χ4n) is 2.84. The van der Waals surface area contributed by atoms with Gasteiger partial charge in [0.15, 0.2) is 5.82 Å². The summed E-state index contributed by atoms with van der Waals surface area (Å²) in [4.78, 5) is 12.3. The van der Waals surface area contributed by atoms with E-state index in [0.29, 0.717) is 17.3 Å². The number of tetrazole rings is 1. The van der Waals surface area contributed by atoms with Crippen molar-refractivity contribution in [3.8, 4) is 28.3 Å². The maximum absolute atomic E-state index is 12.3. The maximum atomic E-state index is 12.3. The van der Waals surface area contributed by atoms with Crippen LogP contribution < -0.4 is 10.1 Å². The second-order valence-corrected chi connectivity index (χ2v) is 6.12. The lowest BCUT2D eigenvalue weighted by molar-refractivity contribution is 0.215. The lowest BCUT2D eigenvalue weighted by Crippen LogP contribution is -2.16. The molecule has 0 aliphatic carbocycles. The van der Waals surface area contributed by atoms with Gasteiger partial charge in [0.05, 0.1) is 0 Å². The number of aryl methyl sites for hydroxylation is 1. The molecule has 0 saturated carbocycles. The zero-order valence-electron chi connectivity index (χ0n) is 15.1. The minimum Gasteiger partial charge on any atom is -0.410 e. The van der Waals surface area contributed by atoms with Crippen LogP contribution in [-0.4, -0.2) is 26.3 Å². The van der Waals surface area contributed by atoms with E-state index in [1.807, 2.05) is 54.6 Å². The van der Waals surface area contributed by atoms with Crippen LogP contribution in [0.2, 0.25) is 0 Å². The minimum absolute atomic E-state index is 0.469. The summed E-state index contributed by atoms with van der Waals surface area (Å²) in [5.74, 6) is 1.06. The van der Waals surface area contributed by atoms with E-state index in [4.69, 9.17) is 4.74 Å². The molecule has 28 heavy (non-hydrogen) atoms. The molecule has 4 aromatic rings. The van der Waals surface area contributed by atoms with Gasteiger partial charge in [-0.3, -0.25) is 5.32 Å². The zero-order valence-corrected chi connectivity index (χ0v) is 15.1. The molecular weight excluding hydrogens is 354 g/mol. The molecule has 0 fully saturated rings. The van der Waals surface area contributed by atoms with Crippen molar-refractivity contribution < 1.29 is 9.53 Å². The van der Waals surface area contributed by atoms with Crippen LogP contribution in [0.1, 0.15) is 0 Å². The minimum atomic E-state index is -0.571. The highest BCUT2D eigenvalue weighted by Crippen LogP contribution is 2.29. The van der Waals surface area contributed by atoms with Crippen LogP contribution in [0, 0.1) is 0 Å². The lowest BCUT2D eigenvalue weighted by Gasteiger charge is -2.11. The van der Waals surface area contributed by atoms with Crippen molar-refractivity contribution in [3.63, 3.8) is 0 Å². The molecule has 7 nitrogen and oxygen atoms in total. The van der Waals surface area contributed by atoms with Gasteiger partial charge in [-0.05, 0) is 51.9 Å². The number of rotatable bonds is 4. The summed E-state index contributed by atoms with van der Waals surface area (Å²) in [7, 11) is 1.77. The number of carbonyl (C=O) groups excluding carboxylic acids is 1. The predicted molar refractivity (Wildman–Crippen MR) is 106 cm³/mol. The first-order valence-corrected chi connectivity index (χ1v) is 8.66. The number of aromatic nitrogens is 4. The van der Waals surface area contributed by atoms with Gasteiger partial charge >= 0.3 is 6.09 Å². The van der Waals surface area contributed by atoms with Crippen LogP contribution in [0.4, 0.5) is 10.5 Å². The average Bonchev–Trinajstić information content (AvgIpc) is 3.15. The second kappa shape index (κ2) is 7.71. The van der Waals surface area contributed by atoms with Crippen molar-refractivity contribution in [1.29, 1.82) is 0 Å². The van der Waals surface area contributed by atoms with Crippen LogP contribution in [0.25, 0.3) is 22.5 Å². The maximum Gasteiger partial charge on any atom is 0.417 e. The van der Waals surface area contributed by atoms with Crippen molar-refractivity contribution in [1.82, 2.24) is 20.2 Å². The summed E-state index contributed by atoms with van der Waals surface area (Å²) in [5.41, 5.74) is 3.30. The van der Waals surface area contributed by atoms with Gasteiger partial charge in [-0.15, -0.1) is 5.10 Å². The Labute approximate surface area is 161 Å². The Bertz CT molecular complexity index is 1090. The second-order valence-electron chi connectivity index (χ2n) is 6.12. The van der Waals surface area contributed by atoms with E-state index >= 15 is 0 Å². The Hall–Kier alpha value is -4.00. The van der Waals surface area contributed by atoms with Crippen LogP contribution in [0.5, 0.6) is 5.75 Å². The number of nitrogens with zero attached hydrogens (tertiary/aromatic N) is 4. The SMILES string of the molecule is Cn1nnnc1-c1cc(NC(=O)Oc2ccccc2)cc(-c2ccccc2)c1. The van der Waals surface area contributed by atoms with Gasteiger partial charge in [-0.2, -0.15) is 0 Å². The number of ether oxygens (including phenoxy) is 1. The molecule has 0 radical (unpaired) electrons. The molecule has 0 aliphatic heterocycles. The van der Waals surface area contributed by atoms with Crippen LogP contribution in [0.3, 0.4) is 0 Å². The molecule has 0 spiro atoms. The topological polar surface area (TPSA) is 81.9 Å². The zero-order chi connectivity index (χ0) is 19.3. The summed E-state index contributed by atoms with van der Waals surface area (Å²) in [6.45, 7) is 0. The lowest BCUT2D eigenvalue weighted by atomic mass is 10.0. The highest BCUT2D eigenvalue weighted by Gasteiger charge is 2.12. The first kappa shape index (κ1) is 17.4. The van der Waals surface area contributed by atoms with E-state index < -0.39 is 6.09 Å². The van der Waals surface area contributed by atoms with Crippen molar-refractivity contribution in [2.75, 3.05) is 5.32 Å². The van der Waals surface area contributed by atoms with Crippen molar-refractivity contribution in [3.05, 3.63) is 78.9 Å². The first-order chi connectivity index (χ1) is 13.7. The number of hydrogen-bond acceptors (Lipinski definition) is 5. The molecule has 1 aromatic heterocycles. The van der Waals surface area contributed by atoms with Crippen LogP contribution >= 0.6 is 0 Å². The average molecular weight is 371 g/mol. The van der Waals surface area contributed by atoms with E-state index in [2.05, 4.69) is 20.8 Å². The van der Waals surface area contributed by atoms with E-state index in [0.717, 1.165) is 16.7 Å². The molecule has 3 aromatic carbocycles. The smallest absolute Gasteiger partial charge is 0.410 e. The Morgan fingerprint density at radius 1 is 0.893 bits per heavy atom. The van der Waals surface area contributed by atoms with E-state index in [9.17, 15) is 4.79 Å². The molecule has 0 atom stereocenters. The summed E-state index contributed by atoms with van der Waals surface area (Å²) in [5, 5.41) is 14.4. The third kappa shape index (κ3) is 3.88. The number of benzene rings is 3. The third-order valence-corrected chi connectivity index (χ3v) is 4.12.